The number of carbonyl (C=O) groups is 2. The van der Waals surface area contributed by atoms with Crippen molar-refractivity contribution in [1.29, 1.82) is 0 Å². The van der Waals surface area contributed by atoms with Crippen molar-refractivity contribution in [2.45, 2.75) is 26.4 Å². The molecule has 0 atom stereocenters. The molecule has 0 radical (unpaired) electrons. The number of rotatable bonds is 4. The van der Waals surface area contributed by atoms with Crippen molar-refractivity contribution in [2.75, 3.05) is 10.6 Å². The van der Waals surface area contributed by atoms with Crippen molar-refractivity contribution in [1.82, 2.24) is 0 Å². The maximum Gasteiger partial charge on any atom is 0.412 e. The standard InChI is InChI=1S/C18H18ClN3O5/c1-18(2,3)27-17(24)21-15-10-11(22(25)26)8-9-14(15)20-16(23)12-6-4-5-7-13(12)19/h4-10H,1-3H3,(H,20,23)(H,21,24). The lowest BCUT2D eigenvalue weighted by atomic mass is 10.2. The molecule has 0 unspecified atom stereocenters. The summed E-state index contributed by atoms with van der Waals surface area (Å²) >= 11 is 6.01. The van der Waals surface area contributed by atoms with Crippen LogP contribution in [-0.4, -0.2) is 22.5 Å². The maximum absolute atomic E-state index is 12.4. The second-order valence-electron chi connectivity index (χ2n) is 6.55. The van der Waals surface area contributed by atoms with E-state index in [2.05, 4.69) is 10.6 Å². The Morgan fingerprint density at radius 1 is 1.07 bits per heavy atom. The third-order valence-electron chi connectivity index (χ3n) is 3.22. The third kappa shape index (κ3) is 5.68. The molecule has 0 spiro atoms. The van der Waals surface area contributed by atoms with Crippen molar-refractivity contribution >= 4 is 40.7 Å². The van der Waals surface area contributed by atoms with Gasteiger partial charge in [0.25, 0.3) is 11.6 Å². The zero-order valence-electron chi connectivity index (χ0n) is 14.9. The van der Waals surface area contributed by atoms with Crippen LogP contribution >= 0.6 is 11.6 Å². The summed E-state index contributed by atoms with van der Waals surface area (Å²) in [5.74, 6) is -0.526. The second kappa shape index (κ2) is 8.05. The van der Waals surface area contributed by atoms with Gasteiger partial charge in [0.1, 0.15) is 5.60 Å². The van der Waals surface area contributed by atoms with Gasteiger partial charge >= 0.3 is 6.09 Å². The normalized spacial score (nSPS) is 10.8. The van der Waals surface area contributed by atoms with E-state index in [9.17, 15) is 19.7 Å². The monoisotopic (exact) mass is 391 g/mol. The molecule has 142 valence electrons. The van der Waals surface area contributed by atoms with Crippen LogP contribution in [0.4, 0.5) is 21.9 Å². The quantitative estimate of drug-likeness (QED) is 0.571. The van der Waals surface area contributed by atoms with Crippen molar-refractivity contribution in [3.8, 4) is 0 Å². The Kier molecular flexibility index (Phi) is 6.02. The summed E-state index contributed by atoms with van der Waals surface area (Å²) in [7, 11) is 0. The lowest BCUT2D eigenvalue weighted by molar-refractivity contribution is -0.384. The number of amides is 2. The highest BCUT2D eigenvalue weighted by molar-refractivity contribution is 6.34. The number of benzene rings is 2. The van der Waals surface area contributed by atoms with Crippen LogP contribution in [0.15, 0.2) is 42.5 Å². The molecule has 0 aliphatic carbocycles. The molecule has 0 saturated heterocycles. The Bertz CT molecular complexity index is 893. The molecule has 2 N–H and O–H groups in total. The number of nitrogens with zero attached hydrogens (tertiary/aromatic N) is 1. The summed E-state index contributed by atoms with van der Waals surface area (Å²) in [6, 6.07) is 10.1. The first kappa shape index (κ1) is 20.2. The molecule has 0 fully saturated rings. The maximum atomic E-state index is 12.4. The number of nitro groups is 1. The molecule has 9 heteroatoms. The lowest BCUT2D eigenvalue weighted by Crippen LogP contribution is -2.27. The van der Waals surface area contributed by atoms with E-state index < -0.39 is 22.5 Å². The van der Waals surface area contributed by atoms with E-state index in [1.54, 1.807) is 39.0 Å². The van der Waals surface area contributed by atoms with Gasteiger partial charge in [0.05, 0.1) is 26.9 Å². The fraction of sp³-hybridized carbons (Fsp3) is 0.222. The molecule has 2 amide bonds. The highest BCUT2D eigenvalue weighted by Crippen LogP contribution is 2.29. The highest BCUT2D eigenvalue weighted by Gasteiger charge is 2.20. The van der Waals surface area contributed by atoms with E-state index in [1.165, 1.54) is 18.2 Å². The Balaban J connectivity index is 2.32. The van der Waals surface area contributed by atoms with Crippen molar-refractivity contribution in [2.24, 2.45) is 0 Å². The smallest absolute Gasteiger partial charge is 0.412 e. The number of non-ortho nitro benzene ring substituents is 1. The number of ether oxygens (including phenoxy) is 1. The van der Waals surface area contributed by atoms with E-state index in [0.29, 0.717) is 0 Å². The average molecular weight is 392 g/mol. The van der Waals surface area contributed by atoms with Gasteiger partial charge in [-0.1, -0.05) is 23.7 Å². The van der Waals surface area contributed by atoms with Gasteiger partial charge in [-0.3, -0.25) is 20.2 Å². The number of nitrogens with one attached hydrogen (secondary N) is 2. The van der Waals surface area contributed by atoms with E-state index in [4.69, 9.17) is 16.3 Å². The van der Waals surface area contributed by atoms with Gasteiger partial charge in [-0.15, -0.1) is 0 Å². The van der Waals surface area contributed by atoms with Crippen LogP contribution < -0.4 is 10.6 Å². The minimum Gasteiger partial charge on any atom is -0.444 e. The lowest BCUT2D eigenvalue weighted by Gasteiger charge is -2.20. The van der Waals surface area contributed by atoms with Crippen molar-refractivity contribution in [3.63, 3.8) is 0 Å². The summed E-state index contributed by atoms with van der Waals surface area (Å²) in [4.78, 5) is 34.9. The first-order valence-corrected chi connectivity index (χ1v) is 8.29. The summed E-state index contributed by atoms with van der Waals surface area (Å²) < 4.78 is 5.15. The van der Waals surface area contributed by atoms with Gasteiger partial charge < -0.3 is 10.1 Å². The molecule has 0 bridgehead atoms. The van der Waals surface area contributed by atoms with Crippen LogP contribution in [0.25, 0.3) is 0 Å². The fourth-order valence-corrected chi connectivity index (χ4v) is 2.33. The Morgan fingerprint density at radius 2 is 1.74 bits per heavy atom. The number of hydrogen-bond acceptors (Lipinski definition) is 5. The van der Waals surface area contributed by atoms with Crippen LogP contribution in [0.5, 0.6) is 0 Å². The van der Waals surface area contributed by atoms with Crippen LogP contribution in [0.2, 0.25) is 5.02 Å². The number of halogens is 1. The molecule has 8 nitrogen and oxygen atoms in total. The molecule has 2 rings (SSSR count). The van der Waals surface area contributed by atoms with Crippen LogP contribution in [-0.2, 0) is 4.74 Å². The minimum absolute atomic E-state index is 0.0267. The minimum atomic E-state index is -0.809. The Morgan fingerprint density at radius 3 is 2.33 bits per heavy atom. The molecular formula is C18H18ClN3O5. The van der Waals surface area contributed by atoms with Gasteiger partial charge in [-0.25, -0.2) is 4.79 Å². The van der Waals surface area contributed by atoms with Gasteiger partial charge in [-0.05, 0) is 39.0 Å². The molecule has 0 heterocycles. The van der Waals surface area contributed by atoms with E-state index in [-0.39, 0.29) is 27.6 Å². The molecule has 0 aromatic heterocycles. The summed E-state index contributed by atoms with van der Waals surface area (Å²) in [6.45, 7) is 5.04. The highest BCUT2D eigenvalue weighted by atomic mass is 35.5. The van der Waals surface area contributed by atoms with E-state index in [0.717, 1.165) is 6.07 Å². The van der Waals surface area contributed by atoms with Gasteiger partial charge in [0.2, 0.25) is 0 Å². The molecular weight excluding hydrogens is 374 g/mol. The number of nitro benzene ring substituents is 1. The molecule has 2 aromatic rings. The second-order valence-corrected chi connectivity index (χ2v) is 6.96. The van der Waals surface area contributed by atoms with E-state index in [1.807, 2.05) is 0 Å². The van der Waals surface area contributed by atoms with E-state index >= 15 is 0 Å². The molecule has 0 saturated carbocycles. The molecule has 27 heavy (non-hydrogen) atoms. The Hall–Kier alpha value is -3.13. The summed E-state index contributed by atoms with van der Waals surface area (Å²) in [5, 5.41) is 16.3. The topological polar surface area (TPSA) is 111 Å². The fourth-order valence-electron chi connectivity index (χ4n) is 2.11. The van der Waals surface area contributed by atoms with Crippen molar-refractivity contribution < 1.29 is 19.2 Å². The third-order valence-corrected chi connectivity index (χ3v) is 3.55. The SMILES string of the molecule is CC(C)(C)OC(=O)Nc1cc([N+](=O)[O-])ccc1NC(=O)c1ccccc1Cl. The molecule has 0 aliphatic rings. The average Bonchev–Trinajstić information content (AvgIpc) is 2.54. The largest absolute Gasteiger partial charge is 0.444 e. The van der Waals surface area contributed by atoms with Crippen LogP contribution in [0, 0.1) is 10.1 Å². The zero-order chi connectivity index (χ0) is 20.2. The van der Waals surface area contributed by atoms with Crippen LogP contribution in [0.3, 0.4) is 0 Å². The number of hydrogen-bond donors (Lipinski definition) is 2. The zero-order valence-corrected chi connectivity index (χ0v) is 15.7. The van der Waals surface area contributed by atoms with Gasteiger partial charge in [0, 0.05) is 12.1 Å². The van der Waals surface area contributed by atoms with Crippen LogP contribution in [0.1, 0.15) is 31.1 Å². The molecule has 2 aromatic carbocycles. The number of carbonyl (C=O) groups excluding carboxylic acids is 2. The number of anilines is 2. The van der Waals surface area contributed by atoms with Gasteiger partial charge in [-0.2, -0.15) is 0 Å². The molecule has 0 aliphatic heterocycles. The Labute approximate surface area is 160 Å². The summed E-state index contributed by atoms with van der Waals surface area (Å²) in [6.07, 6.45) is -0.809. The predicted molar refractivity (Wildman–Crippen MR) is 102 cm³/mol. The predicted octanol–water partition coefficient (Wildman–Crippen LogP) is 4.85. The first-order valence-electron chi connectivity index (χ1n) is 7.91. The first-order chi connectivity index (χ1) is 12.6. The van der Waals surface area contributed by atoms with Crippen molar-refractivity contribution in [3.05, 3.63) is 63.2 Å². The van der Waals surface area contributed by atoms with Gasteiger partial charge in [0.15, 0.2) is 0 Å². The summed E-state index contributed by atoms with van der Waals surface area (Å²) in [5.41, 5.74) is -0.598.